The summed E-state index contributed by atoms with van der Waals surface area (Å²) >= 11 is 0. The second-order valence-electron chi connectivity index (χ2n) is 7.35. The molecule has 2 saturated heterocycles. The number of nitrogens with zero attached hydrogens (tertiary/aromatic N) is 1. The molecule has 0 unspecified atom stereocenters. The Kier molecular flexibility index (Phi) is 5.05. The van der Waals surface area contributed by atoms with E-state index in [1.54, 1.807) is 14.2 Å². The van der Waals surface area contributed by atoms with Crippen molar-refractivity contribution in [1.29, 1.82) is 0 Å². The standard InChI is InChI=1S/C24H25NO3/c1-25-22-12-13-23(25)21(15-17-6-10-19(28-3)11-7-17)24(26)20(22)14-16-4-8-18(27-2)9-5-16/h4-11,14-15,22-23H,12-13H2,1-3H3/b20-14+,21-15+/t22-,23-/m1/s1. The van der Waals surface area contributed by atoms with Crippen LogP contribution in [0, 0.1) is 0 Å². The topological polar surface area (TPSA) is 38.8 Å². The van der Waals surface area contributed by atoms with Gasteiger partial charge in [0.1, 0.15) is 11.5 Å². The molecule has 0 N–H and O–H groups in total. The molecule has 2 atom stereocenters. The fourth-order valence-corrected chi connectivity index (χ4v) is 4.24. The van der Waals surface area contributed by atoms with Gasteiger partial charge in [0.15, 0.2) is 5.78 Å². The molecular formula is C24H25NO3. The van der Waals surface area contributed by atoms with Crippen LogP contribution in [0.2, 0.25) is 0 Å². The maximum Gasteiger partial charge on any atom is 0.188 e. The molecule has 2 bridgehead atoms. The Morgan fingerprint density at radius 3 is 1.54 bits per heavy atom. The Bertz CT molecular complexity index is 850. The van der Waals surface area contributed by atoms with E-state index in [-0.39, 0.29) is 17.9 Å². The number of carbonyl (C=O) groups is 1. The molecule has 0 aliphatic carbocycles. The number of ether oxygens (including phenoxy) is 2. The van der Waals surface area contributed by atoms with Crippen molar-refractivity contribution < 1.29 is 14.3 Å². The minimum atomic E-state index is 0.164. The Balaban J connectivity index is 1.70. The molecule has 2 aromatic carbocycles. The predicted octanol–water partition coefficient (Wildman–Crippen LogP) is 4.22. The zero-order valence-corrected chi connectivity index (χ0v) is 16.5. The summed E-state index contributed by atoms with van der Waals surface area (Å²) in [5.41, 5.74) is 3.79. The van der Waals surface area contributed by atoms with Crippen molar-refractivity contribution in [2.45, 2.75) is 24.9 Å². The molecule has 2 aliphatic heterocycles. The smallest absolute Gasteiger partial charge is 0.188 e. The summed E-state index contributed by atoms with van der Waals surface area (Å²) in [4.78, 5) is 15.7. The van der Waals surface area contributed by atoms with Crippen LogP contribution in [0.5, 0.6) is 11.5 Å². The summed E-state index contributed by atoms with van der Waals surface area (Å²) in [7, 11) is 5.43. The average Bonchev–Trinajstić information content (AvgIpc) is 3.04. The van der Waals surface area contributed by atoms with E-state index in [0.717, 1.165) is 46.6 Å². The molecule has 144 valence electrons. The van der Waals surface area contributed by atoms with Gasteiger partial charge in [-0.05, 0) is 67.4 Å². The van der Waals surface area contributed by atoms with Crippen molar-refractivity contribution in [1.82, 2.24) is 4.90 Å². The van der Waals surface area contributed by atoms with Gasteiger partial charge >= 0.3 is 0 Å². The Labute approximate surface area is 166 Å². The molecular weight excluding hydrogens is 350 g/mol. The van der Waals surface area contributed by atoms with Crippen molar-refractivity contribution >= 4 is 17.9 Å². The molecule has 28 heavy (non-hydrogen) atoms. The third-order valence-corrected chi connectivity index (χ3v) is 5.82. The van der Waals surface area contributed by atoms with E-state index in [9.17, 15) is 4.79 Å². The summed E-state index contributed by atoms with van der Waals surface area (Å²) in [5.74, 6) is 1.79. The highest BCUT2D eigenvalue weighted by molar-refractivity contribution is 6.16. The molecule has 2 aliphatic rings. The maximum atomic E-state index is 13.4. The number of ketones is 1. The number of fused-ring (bicyclic) bond motifs is 2. The van der Waals surface area contributed by atoms with Crippen LogP contribution in [-0.4, -0.2) is 44.0 Å². The summed E-state index contributed by atoms with van der Waals surface area (Å²) in [6.07, 6.45) is 6.09. The summed E-state index contributed by atoms with van der Waals surface area (Å²) in [5, 5.41) is 0. The van der Waals surface area contributed by atoms with Crippen LogP contribution in [0.4, 0.5) is 0 Å². The van der Waals surface area contributed by atoms with E-state index in [2.05, 4.69) is 11.9 Å². The molecule has 4 rings (SSSR count). The van der Waals surface area contributed by atoms with Crippen LogP contribution in [0.1, 0.15) is 24.0 Å². The normalized spacial score (nSPS) is 24.8. The van der Waals surface area contributed by atoms with Crippen molar-refractivity contribution in [3.05, 3.63) is 70.8 Å². The average molecular weight is 375 g/mol. The summed E-state index contributed by atoms with van der Waals surface area (Å²) < 4.78 is 10.5. The van der Waals surface area contributed by atoms with Crippen molar-refractivity contribution in [2.24, 2.45) is 0 Å². The van der Waals surface area contributed by atoms with Crippen molar-refractivity contribution in [3.63, 3.8) is 0 Å². The van der Waals surface area contributed by atoms with E-state index in [1.165, 1.54) is 0 Å². The number of benzene rings is 2. The zero-order valence-electron chi connectivity index (χ0n) is 16.5. The predicted molar refractivity (Wildman–Crippen MR) is 112 cm³/mol. The minimum Gasteiger partial charge on any atom is -0.497 e. The second-order valence-corrected chi connectivity index (χ2v) is 7.35. The lowest BCUT2D eigenvalue weighted by Gasteiger charge is -2.34. The molecule has 2 fully saturated rings. The SMILES string of the molecule is COc1ccc(/C=C2/C(=O)/C(=C/c3ccc(OC)cc3)[C@H]3CC[C@H]2N3C)cc1. The van der Waals surface area contributed by atoms with E-state index in [4.69, 9.17) is 9.47 Å². The molecule has 0 amide bonds. The highest BCUT2D eigenvalue weighted by Gasteiger charge is 2.44. The molecule has 4 heteroatoms. The number of piperidine rings is 1. The molecule has 0 saturated carbocycles. The monoisotopic (exact) mass is 375 g/mol. The molecule has 0 spiro atoms. The maximum absolute atomic E-state index is 13.4. The molecule has 4 nitrogen and oxygen atoms in total. The molecule has 0 aromatic heterocycles. The highest BCUT2D eigenvalue weighted by atomic mass is 16.5. The van der Waals surface area contributed by atoms with Crippen molar-refractivity contribution in [3.8, 4) is 11.5 Å². The van der Waals surface area contributed by atoms with Crippen molar-refractivity contribution in [2.75, 3.05) is 21.3 Å². The molecule has 2 heterocycles. The van der Waals surface area contributed by atoms with E-state index >= 15 is 0 Å². The lowest BCUT2D eigenvalue weighted by molar-refractivity contribution is -0.114. The third kappa shape index (κ3) is 3.36. The lowest BCUT2D eigenvalue weighted by atomic mass is 9.88. The van der Waals surface area contributed by atoms with Gasteiger partial charge in [-0.3, -0.25) is 9.69 Å². The van der Waals surface area contributed by atoms with Gasteiger partial charge in [0.2, 0.25) is 0 Å². The zero-order chi connectivity index (χ0) is 19.7. The Morgan fingerprint density at radius 2 is 1.18 bits per heavy atom. The van der Waals surface area contributed by atoms with Crippen LogP contribution < -0.4 is 9.47 Å². The first-order valence-corrected chi connectivity index (χ1v) is 9.58. The number of hydrogen-bond acceptors (Lipinski definition) is 4. The highest BCUT2D eigenvalue weighted by Crippen LogP contribution is 2.40. The number of Topliss-reactive ketones (excluding diaryl/α,β-unsaturated/α-hetero) is 1. The summed E-state index contributed by atoms with van der Waals surface area (Å²) in [6, 6.07) is 16.0. The second kappa shape index (κ2) is 7.64. The third-order valence-electron chi connectivity index (χ3n) is 5.82. The summed E-state index contributed by atoms with van der Waals surface area (Å²) in [6.45, 7) is 0. The fourth-order valence-electron chi connectivity index (χ4n) is 4.24. The van der Waals surface area contributed by atoms with Crippen LogP contribution in [0.25, 0.3) is 12.2 Å². The Morgan fingerprint density at radius 1 is 0.786 bits per heavy atom. The number of methoxy groups -OCH3 is 2. The van der Waals surface area contributed by atoms with Gasteiger partial charge < -0.3 is 9.47 Å². The van der Waals surface area contributed by atoms with Gasteiger partial charge in [0.25, 0.3) is 0 Å². The lowest BCUT2D eigenvalue weighted by Crippen LogP contribution is -2.43. The molecule has 0 radical (unpaired) electrons. The van der Waals surface area contributed by atoms with E-state index < -0.39 is 0 Å². The first-order valence-electron chi connectivity index (χ1n) is 9.58. The number of likely N-dealkylation sites (N-methyl/N-ethyl adjacent to an activating group) is 1. The molecule has 2 aromatic rings. The largest absolute Gasteiger partial charge is 0.497 e. The van der Waals surface area contributed by atoms with E-state index in [1.807, 2.05) is 60.7 Å². The first kappa shape index (κ1) is 18.5. The van der Waals surface area contributed by atoms with Gasteiger partial charge in [-0.1, -0.05) is 24.3 Å². The van der Waals surface area contributed by atoms with Gasteiger partial charge in [-0.15, -0.1) is 0 Å². The quantitative estimate of drug-likeness (QED) is 0.750. The fraction of sp³-hybridized carbons (Fsp3) is 0.292. The van der Waals surface area contributed by atoms with Gasteiger partial charge in [0.05, 0.1) is 14.2 Å². The van der Waals surface area contributed by atoms with E-state index in [0.29, 0.717) is 0 Å². The first-order chi connectivity index (χ1) is 13.6. The number of rotatable bonds is 4. The van der Waals surface area contributed by atoms with Gasteiger partial charge in [-0.2, -0.15) is 0 Å². The van der Waals surface area contributed by atoms with Crippen LogP contribution in [-0.2, 0) is 4.79 Å². The van der Waals surface area contributed by atoms with Crippen LogP contribution >= 0.6 is 0 Å². The Hall–Kier alpha value is -2.85. The van der Waals surface area contributed by atoms with Crippen LogP contribution in [0.3, 0.4) is 0 Å². The number of hydrogen-bond donors (Lipinski definition) is 0. The minimum absolute atomic E-state index is 0.164. The van der Waals surface area contributed by atoms with Gasteiger partial charge in [0, 0.05) is 23.2 Å². The van der Waals surface area contributed by atoms with Crippen LogP contribution in [0.15, 0.2) is 59.7 Å². The number of carbonyl (C=O) groups excluding carboxylic acids is 1. The van der Waals surface area contributed by atoms with Gasteiger partial charge in [-0.25, -0.2) is 0 Å².